The molecule has 4 nitrogen and oxygen atoms in total. The number of aliphatic hydroxyl groups is 1. The number of rotatable bonds is 1. The van der Waals surface area contributed by atoms with E-state index < -0.39 is 6.10 Å². The van der Waals surface area contributed by atoms with Gasteiger partial charge in [0.2, 0.25) is 0 Å². The normalized spacial score (nSPS) is 52.7. The summed E-state index contributed by atoms with van der Waals surface area (Å²) in [6.07, 6.45) is 0.0417. The minimum absolute atomic E-state index is 0.0334. The van der Waals surface area contributed by atoms with Gasteiger partial charge in [-0.2, -0.15) is 0 Å². The first kappa shape index (κ1) is 9.48. The van der Waals surface area contributed by atoms with Crippen LogP contribution >= 0.6 is 0 Å². The number of hydrogen-bond acceptors (Lipinski definition) is 4. The first-order chi connectivity index (χ1) is 7.15. The highest BCUT2D eigenvalue weighted by molar-refractivity contribution is 6.09. The molecule has 3 rings (SSSR count). The molecule has 82 valence electrons. The Labute approximate surface area is 87.6 Å². The summed E-state index contributed by atoms with van der Waals surface area (Å²) in [6, 6.07) is 0. The van der Waals surface area contributed by atoms with E-state index in [9.17, 15) is 14.7 Å². The van der Waals surface area contributed by atoms with E-state index in [0.717, 1.165) is 6.42 Å². The number of carbonyl (C=O) groups excluding carboxylic acids is 2. The van der Waals surface area contributed by atoms with Crippen molar-refractivity contribution in [1.82, 2.24) is 0 Å². The highest BCUT2D eigenvalue weighted by Crippen LogP contribution is 2.56. The standard InChI is InChI=1S/C11H14O4/c1-15-11-5-2-4(10(11)14)8-6(12)3-7(13)9(5)8/h4-5,8-11,14H,2-3H2,1H3. The van der Waals surface area contributed by atoms with Gasteiger partial charge in [0.25, 0.3) is 0 Å². The third kappa shape index (κ3) is 0.988. The Bertz CT molecular complexity index is 337. The average molecular weight is 210 g/mol. The minimum atomic E-state index is -0.559. The maximum absolute atomic E-state index is 11.7. The number of hydrogen-bond donors (Lipinski definition) is 1. The van der Waals surface area contributed by atoms with Crippen LogP contribution in [0.4, 0.5) is 0 Å². The number of fused-ring (bicyclic) bond motifs is 5. The lowest BCUT2D eigenvalue weighted by Crippen LogP contribution is -2.44. The van der Waals surface area contributed by atoms with Gasteiger partial charge in [-0.1, -0.05) is 0 Å². The fraction of sp³-hybridized carbons (Fsp3) is 0.818. The molecule has 0 saturated heterocycles. The Morgan fingerprint density at radius 2 is 1.80 bits per heavy atom. The van der Waals surface area contributed by atoms with Crippen LogP contribution < -0.4 is 0 Å². The molecule has 3 fully saturated rings. The van der Waals surface area contributed by atoms with Gasteiger partial charge >= 0.3 is 0 Å². The van der Waals surface area contributed by atoms with Gasteiger partial charge in [-0.25, -0.2) is 0 Å². The molecule has 15 heavy (non-hydrogen) atoms. The number of ether oxygens (including phenoxy) is 1. The molecular weight excluding hydrogens is 196 g/mol. The third-order valence-corrected chi connectivity index (χ3v) is 4.42. The summed E-state index contributed by atoms with van der Waals surface area (Å²) >= 11 is 0. The van der Waals surface area contributed by atoms with Crippen LogP contribution in [-0.2, 0) is 14.3 Å². The molecule has 0 amide bonds. The maximum atomic E-state index is 11.7. The van der Waals surface area contributed by atoms with Crippen LogP contribution in [0.5, 0.6) is 0 Å². The lowest BCUT2D eigenvalue weighted by Gasteiger charge is -2.32. The smallest absolute Gasteiger partial charge is 0.144 e. The summed E-state index contributed by atoms with van der Waals surface area (Å²) < 4.78 is 5.24. The van der Waals surface area contributed by atoms with Gasteiger partial charge in [0.05, 0.1) is 18.6 Å². The molecule has 0 heterocycles. The number of methoxy groups -OCH3 is 1. The van der Waals surface area contributed by atoms with E-state index in [2.05, 4.69) is 0 Å². The molecule has 6 atom stereocenters. The Kier molecular flexibility index (Phi) is 1.83. The van der Waals surface area contributed by atoms with Crippen LogP contribution in [0.15, 0.2) is 0 Å². The van der Waals surface area contributed by atoms with Gasteiger partial charge in [-0.15, -0.1) is 0 Å². The van der Waals surface area contributed by atoms with Gasteiger partial charge in [0.15, 0.2) is 0 Å². The van der Waals surface area contributed by atoms with Crippen molar-refractivity contribution in [3.05, 3.63) is 0 Å². The van der Waals surface area contributed by atoms with Crippen LogP contribution in [0.25, 0.3) is 0 Å². The summed E-state index contributed by atoms with van der Waals surface area (Å²) in [4.78, 5) is 23.3. The van der Waals surface area contributed by atoms with Gasteiger partial charge in [-0.05, 0) is 18.3 Å². The van der Waals surface area contributed by atoms with Crippen LogP contribution in [0.1, 0.15) is 12.8 Å². The molecule has 3 saturated carbocycles. The molecule has 1 N–H and O–H groups in total. The zero-order chi connectivity index (χ0) is 10.7. The molecule has 6 unspecified atom stereocenters. The molecule has 0 aromatic rings. The molecule has 3 aliphatic carbocycles. The maximum Gasteiger partial charge on any atom is 0.144 e. The molecular formula is C11H14O4. The fourth-order valence-electron chi connectivity index (χ4n) is 3.93. The van der Waals surface area contributed by atoms with Crippen LogP contribution in [-0.4, -0.2) is 36.0 Å². The average Bonchev–Trinajstić information content (AvgIpc) is 2.78. The molecule has 2 bridgehead atoms. The molecule has 3 aliphatic rings. The van der Waals surface area contributed by atoms with Crippen molar-refractivity contribution in [1.29, 1.82) is 0 Å². The van der Waals surface area contributed by atoms with Crippen molar-refractivity contribution >= 4 is 11.6 Å². The van der Waals surface area contributed by atoms with Crippen LogP contribution in [0.2, 0.25) is 0 Å². The SMILES string of the molecule is COC1C(O)C2CC1C1C(=O)CC(=O)C21. The molecule has 0 aromatic heterocycles. The number of Topliss-reactive ketones (excluding diaryl/α,β-unsaturated/α-hetero) is 2. The fourth-order valence-corrected chi connectivity index (χ4v) is 3.93. The molecule has 0 radical (unpaired) electrons. The number of carbonyl (C=O) groups is 2. The number of aliphatic hydroxyl groups excluding tert-OH is 1. The van der Waals surface area contributed by atoms with Gasteiger partial charge in [0, 0.05) is 18.9 Å². The molecule has 0 aromatic carbocycles. The van der Waals surface area contributed by atoms with Crippen molar-refractivity contribution in [2.24, 2.45) is 23.7 Å². The predicted molar refractivity (Wildman–Crippen MR) is 50.0 cm³/mol. The first-order valence-electron chi connectivity index (χ1n) is 5.41. The molecule has 0 aliphatic heterocycles. The molecule has 0 spiro atoms. The third-order valence-electron chi connectivity index (χ3n) is 4.42. The van der Waals surface area contributed by atoms with E-state index in [1.165, 1.54) is 0 Å². The summed E-state index contributed by atoms with van der Waals surface area (Å²) in [5, 5.41) is 9.94. The van der Waals surface area contributed by atoms with Crippen molar-refractivity contribution in [2.45, 2.75) is 25.0 Å². The van der Waals surface area contributed by atoms with Gasteiger partial charge < -0.3 is 9.84 Å². The summed E-state index contributed by atoms with van der Waals surface area (Å²) in [5.74, 6) is -0.236. The zero-order valence-corrected chi connectivity index (χ0v) is 8.55. The van der Waals surface area contributed by atoms with Gasteiger partial charge in [0.1, 0.15) is 11.6 Å². The quantitative estimate of drug-likeness (QED) is 0.608. The number of ketones is 2. The Morgan fingerprint density at radius 1 is 1.20 bits per heavy atom. The van der Waals surface area contributed by atoms with E-state index in [1.54, 1.807) is 7.11 Å². The van der Waals surface area contributed by atoms with Crippen LogP contribution in [0.3, 0.4) is 0 Å². The Morgan fingerprint density at radius 3 is 2.40 bits per heavy atom. The Balaban J connectivity index is 1.97. The van der Waals surface area contributed by atoms with Crippen molar-refractivity contribution in [3.63, 3.8) is 0 Å². The van der Waals surface area contributed by atoms with Crippen LogP contribution in [0, 0.1) is 23.7 Å². The first-order valence-corrected chi connectivity index (χ1v) is 5.41. The highest BCUT2D eigenvalue weighted by atomic mass is 16.5. The van der Waals surface area contributed by atoms with E-state index in [-0.39, 0.29) is 47.8 Å². The second-order valence-corrected chi connectivity index (χ2v) is 4.92. The topological polar surface area (TPSA) is 63.6 Å². The van der Waals surface area contributed by atoms with E-state index >= 15 is 0 Å². The Hall–Kier alpha value is -0.740. The highest BCUT2D eigenvalue weighted by Gasteiger charge is 2.64. The lowest BCUT2D eigenvalue weighted by molar-refractivity contribution is -0.131. The minimum Gasteiger partial charge on any atom is -0.390 e. The largest absolute Gasteiger partial charge is 0.390 e. The second-order valence-electron chi connectivity index (χ2n) is 4.92. The van der Waals surface area contributed by atoms with Crippen molar-refractivity contribution < 1.29 is 19.4 Å². The second kappa shape index (κ2) is 2.89. The van der Waals surface area contributed by atoms with Crippen molar-refractivity contribution in [3.8, 4) is 0 Å². The summed E-state index contributed by atoms with van der Waals surface area (Å²) in [6.45, 7) is 0. The van der Waals surface area contributed by atoms with E-state index in [0.29, 0.717) is 0 Å². The van der Waals surface area contributed by atoms with E-state index in [1.807, 2.05) is 0 Å². The predicted octanol–water partition coefficient (Wildman–Crippen LogP) is -0.214. The van der Waals surface area contributed by atoms with E-state index in [4.69, 9.17) is 4.74 Å². The molecule has 4 heteroatoms. The monoisotopic (exact) mass is 210 g/mol. The summed E-state index contributed by atoms with van der Waals surface area (Å²) in [7, 11) is 1.56. The lowest BCUT2D eigenvalue weighted by atomic mass is 9.78. The zero-order valence-electron chi connectivity index (χ0n) is 8.55. The van der Waals surface area contributed by atoms with Crippen molar-refractivity contribution in [2.75, 3.05) is 7.11 Å². The van der Waals surface area contributed by atoms with Gasteiger partial charge in [-0.3, -0.25) is 9.59 Å². The summed E-state index contributed by atoms with van der Waals surface area (Å²) in [5.41, 5.74) is 0.